The molecule has 0 aromatic rings. The zero-order chi connectivity index (χ0) is 41.2. The Morgan fingerprint density at radius 3 is 1.45 bits per heavy atom. The number of esters is 2. The van der Waals surface area contributed by atoms with Crippen LogP contribution in [-0.2, 0) is 19.1 Å². The fraction of sp³-hybridized carbons (Fsp3) is 0.958. The van der Waals surface area contributed by atoms with Crippen molar-refractivity contribution < 1.29 is 29.3 Å². The van der Waals surface area contributed by atoms with Crippen molar-refractivity contribution in [3.63, 3.8) is 0 Å². The van der Waals surface area contributed by atoms with E-state index in [1.54, 1.807) is 6.92 Å². The second-order valence-corrected chi connectivity index (χ2v) is 16.7. The monoisotopic (exact) mass is 784 g/mol. The Hall–Kier alpha value is -1.18. The molecule has 55 heavy (non-hydrogen) atoms. The van der Waals surface area contributed by atoms with Gasteiger partial charge in [0.25, 0.3) is 0 Å². The first-order valence-corrected chi connectivity index (χ1v) is 24.1. The van der Waals surface area contributed by atoms with Crippen LogP contribution in [0.5, 0.6) is 0 Å². The minimum Gasteiger partial charge on any atom is -0.465 e. The summed E-state index contributed by atoms with van der Waals surface area (Å²) in [7, 11) is 0. The van der Waals surface area contributed by atoms with Crippen LogP contribution in [0.4, 0.5) is 0 Å². The summed E-state index contributed by atoms with van der Waals surface area (Å²) in [6.07, 6.45) is 34.3. The number of nitrogens with zero attached hydrogens (tertiary/aromatic N) is 1. The van der Waals surface area contributed by atoms with Gasteiger partial charge in [-0.3, -0.25) is 14.5 Å². The van der Waals surface area contributed by atoms with Crippen molar-refractivity contribution in [2.45, 2.75) is 253 Å². The van der Waals surface area contributed by atoms with Gasteiger partial charge in [0, 0.05) is 19.5 Å². The zero-order valence-electron chi connectivity index (χ0n) is 38.0. The van der Waals surface area contributed by atoms with E-state index < -0.39 is 6.10 Å². The molecule has 0 saturated heterocycles. The van der Waals surface area contributed by atoms with Crippen LogP contribution in [0.1, 0.15) is 241 Å². The molecule has 4 unspecified atom stereocenters. The summed E-state index contributed by atoms with van der Waals surface area (Å²) < 4.78 is 11.1. The number of ether oxygens (including phenoxy) is 2. The molecule has 7 nitrogen and oxygen atoms in total. The van der Waals surface area contributed by atoms with Gasteiger partial charge in [-0.15, -0.1) is 0 Å². The molecule has 0 aliphatic heterocycles. The van der Waals surface area contributed by atoms with Gasteiger partial charge in [0.1, 0.15) is 0 Å². The fourth-order valence-corrected chi connectivity index (χ4v) is 7.20. The van der Waals surface area contributed by atoms with E-state index in [0.29, 0.717) is 38.6 Å². The summed E-state index contributed by atoms with van der Waals surface area (Å²) >= 11 is 0. The molecule has 0 aromatic heterocycles. The van der Waals surface area contributed by atoms with Gasteiger partial charge < -0.3 is 19.7 Å². The lowest BCUT2D eigenvalue weighted by molar-refractivity contribution is -0.149. The van der Waals surface area contributed by atoms with Crippen LogP contribution in [0.3, 0.4) is 0 Å². The summed E-state index contributed by atoms with van der Waals surface area (Å²) in [5.74, 6) is 0.677. The molecule has 0 fully saturated rings. The predicted octanol–water partition coefficient (Wildman–Crippen LogP) is 13.2. The van der Waals surface area contributed by atoms with E-state index in [2.05, 4.69) is 39.5 Å². The number of hydrogen-bond acceptors (Lipinski definition) is 7. The highest BCUT2D eigenvalue weighted by atomic mass is 16.5. The highest BCUT2D eigenvalue weighted by Crippen LogP contribution is 2.22. The summed E-state index contributed by atoms with van der Waals surface area (Å²) in [5.41, 5.74) is 0. The van der Waals surface area contributed by atoms with E-state index in [0.717, 1.165) is 51.5 Å². The molecule has 0 rings (SSSR count). The van der Waals surface area contributed by atoms with Crippen molar-refractivity contribution in [2.75, 3.05) is 32.8 Å². The van der Waals surface area contributed by atoms with Crippen molar-refractivity contribution in [3.8, 4) is 0 Å². The average molecular weight is 784 g/mol. The van der Waals surface area contributed by atoms with Gasteiger partial charge in [0.2, 0.25) is 0 Å². The second kappa shape index (κ2) is 43.9. The van der Waals surface area contributed by atoms with Crippen molar-refractivity contribution in [3.05, 3.63) is 0 Å². The summed E-state index contributed by atoms with van der Waals surface area (Å²) in [6, 6.07) is 0. The molecule has 0 heterocycles. The van der Waals surface area contributed by atoms with Gasteiger partial charge in [0.05, 0.1) is 31.3 Å². The van der Waals surface area contributed by atoms with Crippen LogP contribution >= 0.6 is 0 Å². The van der Waals surface area contributed by atoms with Crippen LogP contribution in [-0.4, -0.2) is 72.1 Å². The minimum atomic E-state index is -0.398. The van der Waals surface area contributed by atoms with Crippen LogP contribution in [0, 0.1) is 11.8 Å². The first-order chi connectivity index (χ1) is 26.7. The van der Waals surface area contributed by atoms with Crippen molar-refractivity contribution in [1.29, 1.82) is 0 Å². The Labute approximate surface area is 343 Å². The molecule has 0 radical (unpaired) electrons. The average Bonchev–Trinajstić information content (AvgIpc) is 3.17. The summed E-state index contributed by atoms with van der Waals surface area (Å²) in [6.45, 7) is 18.0. The smallest absolute Gasteiger partial charge is 0.308 e. The fourth-order valence-electron chi connectivity index (χ4n) is 7.20. The molecule has 0 bridgehead atoms. The Balaban J connectivity index is 0. The van der Waals surface area contributed by atoms with Gasteiger partial charge in [-0.05, 0) is 70.8 Å². The van der Waals surface area contributed by atoms with Crippen LogP contribution in [0.2, 0.25) is 0 Å². The van der Waals surface area contributed by atoms with Crippen molar-refractivity contribution in [1.82, 2.24) is 4.90 Å². The molecule has 330 valence electrons. The lowest BCUT2D eigenvalue weighted by Crippen LogP contribution is -2.37. The largest absolute Gasteiger partial charge is 0.465 e. The van der Waals surface area contributed by atoms with E-state index in [9.17, 15) is 19.8 Å². The number of rotatable bonds is 40. The van der Waals surface area contributed by atoms with E-state index in [1.807, 2.05) is 6.92 Å². The maximum atomic E-state index is 12.3. The molecule has 0 aliphatic carbocycles. The number of aliphatic hydroxyl groups is 2. The maximum Gasteiger partial charge on any atom is 0.308 e. The molecule has 7 heteroatoms. The number of aliphatic hydroxyl groups excluding tert-OH is 2. The van der Waals surface area contributed by atoms with Gasteiger partial charge in [-0.25, -0.2) is 0 Å². The Morgan fingerprint density at radius 2 is 0.982 bits per heavy atom. The third-order valence-corrected chi connectivity index (χ3v) is 10.8. The molecule has 2 N–H and O–H groups in total. The maximum absolute atomic E-state index is 12.3. The number of carbonyl (C=O) groups excluding carboxylic acids is 2. The molecular weight excluding hydrogens is 687 g/mol. The normalized spacial score (nSPS) is 13.6. The molecule has 0 saturated carbocycles. The topological polar surface area (TPSA) is 96.3 Å². The third-order valence-electron chi connectivity index (χ3n) is 10.8. The first kappa shape index (κ1) is 55.9. The minimum absolute atomic E-state index is 0.0521. The highest BCUT2D eigenvalue weighted by molar-refractivity contribution is 5.72. The van der Waals surface area contributed by atoms with Gasteiger partial charge in [-0.2, -0.15) is 0 Å². The van der Waals surface area contributed by atoms with Crippen molar-refractivity contribution >= 4 is 11.9 Å². The third kappa shape index (κ3) is 40.8. The van der Waals surface area contributed by atoms with Gasteiger partial charge in [0.15, 0.2) is 0 Å². The van der Waals surface area contributed by atoms with Gasteiger partial charge in [-0.1, -0.05) is 176 Å². The quantitative estimate of drug-likeness (QED) is 0.0472. The predicted molar refractivity (Wildman–Crippen MR) is 236 cm³/mol. The SMILES string of the molecule is CCCCCCCCC(CCCCCC)C(=O)OCCC.CCCCCCCCC(CCCCCC)COC(=O)CCCCCN(CC(C)O)CC(O)CC. The number of hydrogen-bond donors (Lipinski definition) is 2. The molecule has 0 spiro atoms. The molecule has 0 amide bonds. The zero-order valence-corrected chi connectivity index (χ0v) is 38.0. The van der Waals surface area contributed by atoms with Gasteiger partial charge >= 0.3 is 11.9 Å². The van der Waals surface area contributed by atoms with E-state index >= 15 is 0 Å². The van der Waals surface area contributed by atoms with Crippen LogP contribution in [0.15, 0.2) is 0 Å². The van der Waals surface area contributed by atoms with Crippen LogP contribution < -0.4 is 0 Å². The van der Waals surface area contributed by atoms with E-state index in [4.69, 9.17) is 9.47 Å². The standard InChI is InChI=1S/C29H59NO4.C19H38O2/c1-5-8-10-12-13-16-20-27(19-15-11-9-6-2)25-34-29(33)21-17-14-18-22-30(23-26(4)31)24-28(32)7-3;1-4-7-9-11-12-14-16-18(15-13-10-8-5-2)19(20)21-17-6-3/h26-28,31-32H,5-25H2,1-4H3;18H,4-17H2,1-3H3. The summed E-state index contributed by atoms with van der Waals surface area (Å²) in [5, 5.41) is 19.6. The first-order valence-electron chi connectivity index (χ1n) is 24.1. The second-order valence-electron chi connectivity index (χ2n) is 16.7. The lowest BCUT2D eigenvalue weighted by atomic mass is 9.94. The lowest BCUT2D eigenvalue weighted by Gasteiger charge is -2.25. The van der Waals surface area contributed by atoms with Crippen molar-refractivity contribution in [2.24, 2.45) is 11.8 Å². The Bertz CT molecular complexity index is 792. The molecule has 4 atom stereocenters. The number of carbonyl (C=O) groups is 2. The highest BCUT2D eigenvalue weighted by Gasteiger charge is 2.19. The summed E-state index contributed by atoms with van der Waals surface area (Å²) in [4.78, 5) is 26.5. The van der Waals surface area contributed by atoms with E-state index in [1.165, 1.54) is 141 Å². The van der Waals surface area contributed by atoms with E-state index in [-0.39, 0.29) is 24.0 Å². The Morgan fingerprint density at radius 1 is 0.527 bits per heavy atom. The number of unbranched alkanes of at least 4 members (excludes halogenated alkanes) is 18. The van der Waals surface area contributed by atoms with Crippen LogP contribution in [0.25, 0.3) is 0 Å². The molecular formula is C48H97NO6. The molecule has 0 aromatic carbocycles. The molecule has 0 aliphatic rings. The Kier molecular flexibility index (Phi) is 44.7.